The van der Waals surface area contributed by atoms with Crippen LogP contribution in [0.15, 0.2) is 18.2 Å². The molecule has 1 saturated heterocycles. The molecule has 0 radical (unpaired) electrons. The molecule has 0 atom stereocenters. The first-order valence-electron chi connectivity index (χ1n) is 6.94. The lowest BCUT2D eigenvalue weighted by molar-refractivity contribution is 0.0167. The van der Waals surface area contributed by atoms with Gasteiger partial charge in [0.15, 0.2) is 0 Å². The largest absolute Gasteiger partial charge is 0.389 e. The van der Waals surface area contributed by atoms with Gasteiger partial charge in [-0.2, -0.15) is 0 Å². The van der Waals surface area contributed by atoms with Crippen LogP contribution >= 0.6 is 11.6 Å². The third-order valence-corrected chi connectivity index (χ3v) is 3.84. The summed E-state index contributed by atoms with van der Waals surface area (Å²) in [5, 5.41) is 10.3. The normalized spacial score (nSPS) is 18.4. The number of rotatable bonds is 4. The number of hydrogen-bond donors (Lipinski definition) is 1. The van der Waals surface area contributed by atoms with Crippen LogP contribution in [-0.4, -0.2) is 53.2 Å². The van der Waals surface area contributed by atoms with E-state index < -0.39 is 5.60 Å². The first kappa shape index (κ1) is 15.7. The predicted octanol–water partition coefficient (Wildman–Crippen LogP) is 2.37. The molecule has 0 amide bonds. The highest BCUT2D eigenvalue weighted by molar-refractivity contribution is 6.31. The van der Waals surface area contributed by atoms with E-state index in [4.69, 9.17) is 11.6 Å². The number of benzene rings is 1. The van der Waals surface area contributed by atoms with Crippen molar-refractivity contribution in [3.63, 3.8) is 0 Å². The minimum Gasteiger partial charge on any atom is -0.389 e. The molecule has 3 nitrogen and oxygen atoms in total. The summed E-state index contributed by atoms with van der Waals surface area (Å²) in [6, 6.07) is 4.56. The van der Waals surface area contributed by atoms with Gasteiger partial charge in [0.25, 0.3) is 0 Å². The van der Waals surface area contributed by atoms with Crippen molar-refractivity contribution < 1.29 is 9.50 Å². The second kappa shape index (κ2) is 6.39. The molecule has 5 heteroatoms. The molecule has 1 aliphatic rings. The van der Waals surface area contributed by atoms with Crippen molar-refractivity contribution in [2.24, 2.45) is 0 Å². The first-order valence-corrected chi connectivity index (χ1v) is 7.32. The molecule has 0 aromatic heterocycles. The summed E-state index contributed by atoms with van der Waals surface area (Å²) in [7, 11) is 0. The van der Waals surface area contributed by atoms with Gasteiger partial charge in [-0.1, -0.05) is 17.7 Å². The molecule has 0 spiro atoms. The monoisotopic (exact) mass is 300 g/mol. The molecular weight excluding hydrogens is 279 g/mol. The van der Waals surface area contributed by atoms with Crippen molar-refractivity contribution in [3.8, 4) is 0 Å². The highest BCUT2D eigenvalue weighted by atomic mass is 35.5. The molecule has 0 saturated carbocycles. The molecule has 2 rings (SSSR count). The van der Waals surface area contributed by atoms with Crippen molar-refractivity contribution in [2.45, 2.75) is 26.0 Å². The summed E-state index contributed by atoms with van der Waals surface area (Å²) in [6.07, 6.45) is 0. The van der Waals surface area contributed by atoms with Crippen molar-refractivity contribution in [3.05, 3.63) is 34.6 Å². The Morgan fingerprint density at radius 2 is 1.80 bits per heavy atom. The number of halogens is 2. The van der Waals surface area contributed by atoms with Gasteiger partial charge in [0.2, 0.25) is 0 Å². The zero-order valence-corrected chi connectivity index (χ0v) is 12.8. The molecule has 1 fully saturated rings. The summed E-state index contributed by atoms with van der Waals surface area (Å²) in [6.45, 7) is 8.84. The molecule has 0 aliphatic carbocycles. The van der Waals surface area contributed by atoms with E-state index in [9.17, 15) is 9.50 Å². The van der Waals surface area contributed by atoms with Crippen LogP contribution < -0.4 is 0 Å². The average molecular weight is 301 g/mol. The van der Waals surface area contributed by atoms with Crippen molar-refractivity contribution in [1.82, 2.24) is 9.80 Å². The third kappa shape index (κ3) is 4.70. The van der Waals surface area contributed by atoms with Gasteiger partial charge in [0.1, 0.15) is 5.82 Å². The lowest BCUT2D eigenvalue weighted by Crippen LogP contribution is -2.50. The maximum atomic E-state index is 13.0. The third-order valence-electron chi connectivity index (χ3n) is 3.48. The van der Waals surface area contributed by atoms with E-state index in [0.29, 0.717) is 11.6 Å². The Morgan fingerprint density at radius 1 is 1.20 bits per heavy atom. The smallest absolute Gasteiger partial charge is 0.124 e. The van der Waals surface area contributed by atoms with Gasteiger partial charge in [0.05, 0.1) is 5.60 Å². The second-order valence-corrected chi connectivity index (χ2v) is 6.51. The van der Waals surface area contributed by atoms with Crippen LogP contribution in [0, 0.1) is 5.82 Å². The zero-order chi connectivity index (χ0) is 14.8. The van der Waals surface area contributed by atoms with Crippen LogP contribution in [0.1, 0.15) is 19.4 Å². The number of hydrogen-bond acceptors (Lipinski definition) is 3. The quantitative estimate of drug-likeness (QED) is 0.925. The lowest BCUT2D eigenvalue weighted by Gasteiger charge is -2.37. The Morgan fingerprint density at radius 3 is 2.35 bits per heavy atom. The summed E-state index contributed by atoms with van der Waals surface area (Å²) in [5.74, 6) is -0.297. The van der Waals surface area contributed by atoms with Gasteiger partial charge in [0, 0.05) is 44.3 Å². The minimum atomic E-state index is -0.650. The highest BCUT2D eigenvalue weighted by Crippen LogP contribution is 2.20. The van der Waals surface area contributed by atoms with Crippen LogP contribution in [0.5, 0.6) is 0 Å². The maximum absolute atomic E-state index is 13.0. The lowest BCUT2D eigenvalue weighted by atomic mass is 10.1. The van der Waals surface area contributed by atoms with E-state index in [1.165, 1.54) is 12.1 Å². The van der Waals surface area contributed by atoms with Crippen LogP contribution in [0.3, 0.4) is 0 Å². The summed E-state index contributed by atoms with van der Waals surface area (Å²) < 4.78 is 13.0. The Labute approximate surface area is 124 Å². The number of aliphatic hydroxyl groups is 1. The molecular formula is C15H22ClFN2O. The number of piperazine rings is 1. The predicted molar refractivity (Wildman–Crippen MR) is 79.4 cm³/mol. The Hall–Kier alpha value is -0.680. The maximum Gasteiger partial charge on any atom is 0.124 e. The van der Waals surface area contributed by atoms with Gasteiger partial charge in [-0.15, -0.1) is 0 Å². The fourth-order valence-corrected chi connectivity index (χ4v) is 2.77. The molecule has 0 unspecified atom stereocenters. The van der Waals surface area contributed by atoms with E-state index in [2.05, 4.69) is 9.80 Å². The Balaban J connectivity index is 1.85. The molecule has 0 bridgehead atoms. The number of nitrogens with zero attached hydrogens (tertiary/aromatic N) is 2. The van der Waals surface area contributed by atoms with Crippen LogP contribution in [0.2, 0.25) is 5.02 Å². The Kier molecular flexibility index (Phi) is 5.02. The highest BCUT2D eigenvalue weighted by Gasteiger charge is 2.22. The van der Waals surface area contributed by atoms with E-state index in [0.717, 1.165) is 38.3 Å². The van der Waals surface area contributed by atoms with Crippen LogP contribution in [0.25, 0.3) is 0 Å². The molecule has 1 aromatic carbocycles. The average Bonchev–Trinajstić information content (AvgIpc) is 2.33. The van der Waals surface area contributed by atoms with Gasteiger partial charge in [-0.3, -0.25) is 9.80 Å². The molecule has 20 heavy (non-hydrogen) atoms. The second-order valence-electron chi connectivity index (χ2n) is 6.10. The van der Waals surface area contributed by atoms with Crippen molar-refractivity contribution in [2.75, 3.05) is 32.7 Å². The summed E-state index contributed by atoms with van der Waals surface area (Å²) in [4.78, 5) is 4.57. The summed E-state index contributed by atoms with van der Waals surface area (Å²) in [5.41, 5.74) is 0.312. The van der Waals surface area contributed by atoms with Crippen molar-refractivity contribution in [1.29, 1.82) is 0 Å². The molecule has 112 valence electrons. The fraction of sp³-hybridized carbons (Fsp3) is 0.600. The zero-order valence-electron chi connectivity index (χ0n) is 12.1. The molecule has 1 N–H and O–H groups in total. The molecule has 1 aliphatic heterocycles. The SMILES string of the molecule is CC(C)(O)CN1CCN(Cc2ccc(F)cc2Cl)CC1. The van der Waals surface area contributed by atoms with E-state index in [1.807, 2.05) is 13.8 Å². The topological polar surface area (TPSA) is 26.7 Å². The van der Waals surface area contributed by atoms with Gasteiger partial charge in [-0.25, -0.2) is 4.39 Å². The van der Waals surface area contributed by atoms with E-state index in [1.54, 1.807) is 6.07 Å². The number of β-amino-alcohol motifs (C(OH)–C–C–N with tert-alkyl or cyclic N) is 1. The van der Waals surface area contributed by atoms with Crippen molar-refractivity contribution >= 4 is 11.6 Å². The standard InChI is InChI=1S/C15H22ClFN2O/c1-15(2,20)11-19-7-5-18(6-8-19)10-12-3-4-13(17)9-14(12)16/h3-4,9,20H,5-8,10-11H2,1-2H3. The fourth-order valence-electron chi connectivity index (χ4n) is 2.54. The minimum absolute atomic E-state index is 0.297. The Bertz CT molecular complexity index is 454. The first-order chi connectivity index (χ1) is 9.33. The van der Waals surface area contributed by atoms with E-state index >= 15 is 0 Å². The van der Waals surface area contributed by atoms with Gasteiger partial charge in [-0.05, 0) is 31.5 Å². The summed E-state index contributed by atoms with van der Waals surface area (Å²) >= 11 is 6.05. The van der Waals surface area contributed by atoms with Crippen LogP contribution in [-0.2, 0) is 6.54 Å². The van der Waals surface area contributed by atoms with E-state index in [-0.39, 0.29) is 5.82 Å². The molecule has 1 heterocycles. The van der Waals surface area contributed by atoms with Gasteiger partial charge < -0.3 is 5.11 Å². The van der Waals surface area contributed by atoms with Gasteiger partial charge >= 0.3 is 0 Å². The van der Waals surface area contributed by atoms with Crippen LogP contribution in [0.4, 0.5) is 4.39 Å². The molecule has 1 aromatic rings.